The topological polar surface area (TPSA) is 83.6 Å². The van der Waals surface area contributed by atoms with Crippen LogP contribution in [0.5, 0.6) is 0 Å². The molecule has 0 fully saturated rings. The fraction of sp³-hybridized carbons (Fsp3) is 0.300. The smallest absolute Gasteiger partial charge is 0.289 e. The highest BCUT2D eigenvalue weighted by atomic mass is 32.1. The van der Waals surface area contributed by atoms with E-state index in [2.05, 4.69) is 20.5 Å². The van der Waals surface area contributed by atoms with Crippen molar-refractivity contribution in [2.75, 3.05) is 0 Å². The Hall–Kier alpha value is -6.64. The molecule has 0 N–H and O–H groups in total. The highest BCUT2D eigenvalue weighted by molar-refractivity contribution is 7.20. The number of halogens is 6. The molecule has 0 aliphatic heterocycles. The first-order valence-electron chi connectivity index (χ1n) is 24.0. The van der Waals surface area contributed by atoms with Crippen LogP contribution in [0.4, 0.5) is 37.7 Å². The number of benzene rings is 4. The van der Waals surface area contributed by atoms with E-state index < -0.39 is 56.3 Å². The van der Waals surface area contributed by atoms with Crippen LogP contribution in [0, 0.1) is 21.7 Å². The molecule has 8 rings (SSSR count). The molecule has 4 aromatic carbocycles. The summed E-state index contributed by atoms with van der Waals surface area (Å²) >= 11 is 2.81. The van der Waals surface area contributed by atoms with Crippen LogP contribution in [0.15, 0.2) is 175 Å². The summed E-state index contributed by atoms with van der Waals surface area (Å²) in [6, 6.07) is 24.8. The molecule has 2 aromatic heterocycles. The molecule has 2 heterocycles. The van der Waals surface area contributed by atoms with Crippen molar-refractivity contribution in [3.05, 3.63) is 176 Å². The summed E-state index contributed by atoms with van der Waals surface area (Å²) in [5, 5.41) is 19.6. The predicted octanol–water partition coefficient (Wildman–Crippen LogP) is 19.9. The minimum absolute atomic E-state index is 0.118. The first kappa shape index (κ1) is 53.6. The van der Waals surface area contributed by atoms with Gasteiger partial charge in [-0.3, -0.25) is 9.59 Å². The lowest BCUT2D eigenvalue weighted by Gasteiger charge is -2.31. The van der Waals surface area contributed by atoms with Gasteiger partial charge in [0.2, 0.25) is 0 Å². The second kappa shape index (κ2) is 19.2. The average Bonchev–Trinajstić information content (AvgIpc) is 3.92. The lowest BCUT2D eigenvalue weighted by molar-refractivity contribution is -0.139. The number of nitrogens with zero attached hydrogens (tertiary/aromatic N) is 4. The Morgan fingerprint density at radius 2 is 0.730 bits per heavy atom. The number of carbonyl (C=O) groups excluding carboxylic acids is 2. The van der Waals surface area contributed by atoms with E-state index in [4.69, 9.17) is 0 Å². The Kier molecular flexibility index (Phi) is 14.0. The van der Waals surface area contributed by atoms with Gasteiger partial charge < -0.3 is 0 Å². The number of alkyl halides is 6. The number of carbonyl (C=O) groups is 2. The third-order valence-electron chi connectivity index (χ3n) is 12.7. The lowest BCUT2D eigenvalue weighted by Crippen LogP contribution is -2.28. The molecule has 2 aliphatic carbocycles. The molecule has 14 heteroatoms. The number of hydrogen-bond donors (Lipinski definition) is 0. The van der Waals surface area contributed by atoms with Crippen molar-refractivity contribution in [3.63, 3.8) is 0 Å². The highest BCUT2D eigenvalue weighted by Gasteiger charge is 2.40. The fourth-order valence-electron chi connectivity index (χ4n) is 8.80. The van der Waals surface area contributed by atoms with Crippen molar-refractivity contribution in [1.29, 1.82) is 0 Å². The van der Waals surface area contributed by atoms with E-state index in [-0.39, 0.29) is 22.9 Å². The first-order chi connectivity index (χ1) is 34.3. The van der Waals surface area contributed by atoms with Gasteiger partial charge in [0, 0.05) is 42.8 Å². The number of rotatable bonds is 7. The normalized spacial score (nSPS) is 15.6. The molecule has 0 saturated carbocycles. The molecule has 2 aliphatic rings. The van der Waals surface area contributed by atoms with Gasteiger partial charge >= 0.3 is 12.4 Å². The summed E-state index contributed by atoms with van der Waals surface area (Å²) in [6.07, 6.45) is -3.24. The molecule has 0 unspecified atom stereocenters. The molecule has 0 bridgehead atoms. The van der Waals surface area contributed by atoms with Crippen LogP contribution in [-0.2, 0) is 21.9 Å². The van der Waals surface area contributed by atoms with Gasteiger partial charge in [0.1, 0.15) is 11.4 Å². The molecule has 382 valence electrons. The minimum Gasteiger partial charge on any atom is -0.289 e. The van der Waals surface area contributed by atoms with E-state index in [9.17, 15) is 9.59 Å². The van der Waals surface area contributed by atoms with Crippen LogP contribution in [0.3, 0.4) is 0 Å². The molecule has 0 atom stereocenters. The Bertz CT molecular complexity index is 3170. The largest absolute Gasteiger partial charge is 0.417 e. The molecular weight excluding hydrogens is 987 g/mol. The summed E-state index contributed by atoms with van der Waals surface area (Å²) in [4.78, 5) is 29.1. The molecule has 0 saturated heterocycles. The summed E-state index contributed by atoms with van der Waals surface area (Å²) in [5.41, 5.74) is -3.21. The highest BCUT2D eigenvalue weighted by Crippen LogP contribution is 2.48. The third kappa shape index (κ3) is 11.2. The van der Waals surface area contributed by atoms with Crippen molar-refractivity contribution in [2.24, 2.45) is 42.1 Å². The molecule has 74 heavy (non-hydrogen) atoms. The molecule has 0 spiro atoms. The van der Waals surface area contributed by atoms with E-state index >= 15 is 26.3 Å². The Labute approximate surface area is 435 Å². The number of fused-ring (bicyclic) bond motifs is 2. The maximum atomic E-state index is 15.2. The average molecular weight is 1040 g/mol. The van der Waals surface area contributed by atoms with Gasteiger partial charge in [0.25, 0.3) is 0 Å². The number of thiophene rings is 2. The van der Waals surface area contributed by atoms with Crippen LogP contribution in [0.25, 0.3) is 42.7 Å². The quantitative estimate of drug-likeness (QED) is 0.118. The second-order valence-corrected chi connectivity index (χ2v) is 24.8. The van der Waals surface area contributed by atoms with Crippen LogP contribution < -0.4 is 0 Å². The number of allylic oxidation sites excluding steroid dienone is 10. The Morgan fingerprint density at radius 1 is 0.419 bits per heavy atom. The maximum absolute atomic E-state index is 15.2. The zero-order valence-electron chi connectivity index (χ0n) is 43.2. The SMILES string of the molecule is CC(C)(C)C1=CC(=C(/N=N/c2ccc(-c3ccc(/N=N/C(=C4C=C(C(C)(C)C)C(=O)C(C(C)(C)C)=C4)c4cc5ccccc5s4)cc3C(F)(F)F)c(C(F)(F)F)c2)c2cc3ccccc3s2)C=C(C(C)(C)C)C1=O. The number of azo groups is 2. The van der Waals surface area contributed by atoms with Crippen LogP contribution >= 0.6 is 22.7 Å². The summed E-state index contributed by atoms with van der Waals surface area (Å²) in [7, 11) is 0. The molecule has 6 nitrogen and oxygen atoms in total. The van der Waals surface area contributed by atoms with E-state index in [1.54, 1.807) is 24.3 Å². The Balaban J connectivity index is 1.26. The van der Waals surface area contributed by atoms with Crippen molar-refractivity contribution in [1.82, 2.24) is 0 Å². The third-order valence-corrected chi connectivity index (χ3v) is 15.0. The van der Waals surface area contributed by atoms with E-state index in [0.717, 1.165) is 32.3 Å². The van der Waals surface area contributed by atoms with Gasteiger partial charge in [-0.25, -0.2) is 0 Å². The summed E-state index contributed by atoms with van der Waals surface area (Å²) in [5.74, 6) is -0.236. The minimum atomic E-state index is -5.13. The van der Waals surface area contributed by atoms with E-state index in [1.807, 2.05) is 144 Å². The van der Waals surface area contributed by atoms with Crippen LogP contribution in [0.2, 0.25) is 0 Å². The standard InChI is InChI=1S/C60H56F6N4O2S2/c1-55(2,3)43-25-35(26-44(53(43)71)56(4,5)6)51(49-29-33-17-13-15-19-47(33)73-49)69-67-37-21-23-39(41(31-37)59(61,62)63)40-24-22-38(32-42(40)60(64,65)66)68-70-52(50-30-34-18-14-16-20-48(34)74-50)36-27-45(57(7,8)9)54(72)46(28-36)58(10,11)12/h13-32H,1-12H3/b69-67+,70-68+. The second-order valence-electron chi connectivity index (χ2n) is 22.7. The van der Waals surface area contributed by atoms with Gasteiger partial charge in [0.05, 0.1) is 32.3 Å². The first-order valence-corrected chi connectivity index (χ1v) is 25.6. The lowest BCUT2D eigenvalue weighted by atomic mass is 9.71. The van der Waals surface area contributed by atoms with Gasteiger partial charge in [-0.05, 0) is 116 Å². The molecule has 0 radical (unpaired) electrons. The van der Waals surface area contributed by atoms with E-state index in [1.165, 1.54) is 34.8 Å². The van der Waals surface area contributed by atoms with Crippen molar-refractivity contribution in [3.8, 4) is 11.1 Å². The van der Waals surface area contributed by atoms with Gasteiger partial charge in [-0.15, -0.1) is 32.9 Å². The molecule has 6 aromatic rings. The molecular formula is C60H56F6N4O2S2. The Morgan fingerprint density at radius 3 is 1.01 bits per heavy atom. The zero-order valence-corrected chi connectivity index (χ0v) is 44.9. The summed E-state index contributed by atoms with van der Waals surface area (Å²) in [6.45, 7) is 23.1. The monoisotopic (exact) mass is 1040 g/mol. The van der Waals surface area contributed by atoms with Gasteiger partial charge in [-0.2, -0.15) is 36.6 Å². The van der Waals surface area contributed by atoms with Crippen molar-refractivity contribution >= 4 is 77.2 Å². The van der Waals surface area contributed by atoms with Crippen LogP contribution in [0.1, 0.15) is 104 Å². The van der Waals surface area contributed by atoms with Gasteiger partial charge in [0.15, 0.2) is 11.6 Å². The maximum Gasteiger partial charge on any atom is 0.417 e. The number of ketones is 2. The number of Topliss-reactive ketones (excluding diaryl/α,β-unsaturated/α-hetero) is 2. The number of hydrogen-bond acceptors (Lipinski definition) is 8. The summed E-state index contributed by atoms with van der Waals surface area (Å²) < 4.78 is 93.1. The van der Waals surface area contributed by atoms with Gasteiger partial charge in [-0.1, -0.05) is 132 Å². The van der Waals surface area contributed by atoms with Crippen molar-refractivity contribution in [2.45, 2.75) is 95.4 Å². The molecule has 0 amide bonds. The zero-order chi connectivity index (χ0) is 54.1. The predicted molar refractivity (Wildman–Crippen MR) is 289 cm³/mol. The van der Waals surface area contributed by atoms with Crippen LogP contribution in [-0.4, -0.2) is 11.6 Å². The fourth-order valence-corrected chi connectivity index (χ4v) is 10.9. The van der Waals surface area contributed by atoms with Crippen molar-refractivity contribution < 1.29 is 35.9 Å². The van der Waals surface area contributed by atoms with E-state index in [0.29, 0.717) is 66.7 Å².